The molecule has 0 N–H and O–H groups in total. The largest absolute Gasteiger partial charge is 0.497 e. The average Bonchev–Trinajstić information content (AvgIpc) is 2.80. The van der Waals surface area contributed by atoms with Gasteiger partial charge in [0.1, 0.15) is 11.5 Å². The fourth-order valence-electron chi connectivity index (χ4n) is 3.29. The number of methoxy groups -OCH3 is 1. The molecule has 0 aliphatic rings. The van der Waals surface area contributed by atoms with Crippen LogP contribution in [0.5, 0.6) is 11.5 Å². The number of nitrogens with zero attached hydrogens (tertiary/aromatic N) is 1. The third-order valence-electron chi connectivity index (χ3n) is 5.15. The van der Waals surface area contributed by atoms with Gasteiger partial charge in [0.15, 0.2) is 6.61 Å². The Kier molecular flexibility index (Phi) is 8.28. The molecule has 0 aromatic heterocycles. The fraction of sp³-hybridized carbons (Fsp3) is 0.240. The molecule has 0 atom stereocenters. The molecule has 0 saturated heterocycles. The molecule has 0 bridgehead atoms. The molecule has 3 aromatic rings. The molecule has 34 heavy (non-hydrogen) atoms. The summed E-state index contributed by atoms with van der Waals surface area (Å²) < 4.78 is 39.7. The van der Waals surface area contributed by atoms with Gasteiger partial charge in [-0.15, -0.1) is 0 Å². The van der Waals surface area contributed by atoms with Crippen molar-refractivity contribution in [2.75, 3.05) is 18.0 Å². The summed E-state index contributed by atoms with van der Waals surface area (Å²) in [5.74, 6) is 0.457. The predicted octanol–water partition coefficient (Wildman–Crippen LogP) is 6.34. The Balaban J connectivity index is 1.99. The van der Waals surface area contributed by atoms with Gasteiger partial charge in [-0.25, -0.2) is 8.42 Å². The summed E-state index contributed by atoms with van der Waals surface area (Å²) in [6.07, 6.45) is 0. The highest BCUT2D eigenvalue weighted by atomic mass is 79.9. The number of aryl methyl sites for hydroxylation is 1. The van der Waals surface area contributed by atoms with Crippen LogP contribution in [-0.2, 0) is 14.8 Å². The van der Waals surface area contributed by atoms with Gasteiger partial charge in [-0.3, -0.25) is 4.79 Å². The molecule has 0 saturated carbocycles. The molecule has 1 amide bonds. The molecule has 0 radical (unpaired) electrons. The van der Waals surface area contributed by atoms with E-state index < -0.39 is 22.5 Å². The highest BCUT2D eigenvalue weighted by Gasteiger charge is 2.31. The van der Waals surface area contributed by atoms with Crippen molar-refractivity contribution in [3.05, 3.63) is 81.3 Å². The van der Waals surface area contributed by atoms with Crippen molar-refractivity contribution in [2.45, 2.75) is 31.6 Å². The SMILES string of the molecule is COc1ccc(N(C(=O)COc2cc(C)c(Br)cc2C(C)C)S(=O)(=O)c2ccc(Cl)cc2)cc1. The highest BCUT2D eigenvalue weighted by Crippen LogP contribution is 2.33. The fourth-order valence-corrected chi connectivity index (χ4v) is 5.19. The van der Waals surface area contributed by atoms with Crippen molar-refractivity contribution in [1.29, 1.82) is 0 Å². The Morgan fingerprint density at radius 2 is 1.68 bits per heavy atom. The quantitative estimate of drug-likeness (QED) is 0.318. The van der Waals surface area contributed by atoms with Crippen LogP contribution in [0, 0.1) is 6.92 Å². The third kappa shape index (κ3) is 5.74. The minimum Gasteiger partial charge on any atom is -0.497 e. The monoisotopic (exact) mass is 565 g/mol. The summed E-state index contributed by atoms with van der Waals surface area (Å²) in [4.78, 5) is 13.3. The minimum absolute atomic E-state index is 0.0663. The van der Waals surface area contributed by atoms with E-state index in [1.165, 1.54) is 43.5 Å². The lowest BCUT2D eigenvalue weighted by molar-refractivity contribution is -0.119. The number of sulfonamides is 1. The molecule has 180 valence electrons. The van der Waals surface area contributed by atoms with Gasteiger partial charge in [-0.05, 0) is 84.6 Å². The molecule has 0 spiro atoms. The maximum Gasteiger partial charge on any atom is 0.278 e. The topological polar surface area (TPSA) is 72.9 Å². The van der Waals surface area contributed by atoms with E-state index >= 15 is 0 Å². The average molecular weight is 567 g/mol. The number of halogens is 2. The van der Waals surface area contributed by atoms with Crippen molar-refractivity contribution in [1.82, 2.24) is 0 Å². The summed E-state index contributed by atoms with van der Waals surface area (Å²) >= 11 is 9.44. The van der Waals surface area contributed by atoms with E-state index in [9.17, 15) is 13.2 Å². The van der Waals surface area contributed by atoms with E-state index in [0.717, 1.165) is 19.9 Å². The zero-order chi connectivity index (χ0) is 25.0. The predicted molar refractivity (Wildman–Crippen MR) is 138 cm³/mol. The van der Waals surface area contributed by atoms with Gasteiger partial charge in [-0.2, -0.15) is 4.31 Å². The first-order chi connectivity index (χ1) is 16.0. The van der Waals surface area contributed by atoms with E-state index in [-0.39, 0.29) is 16.5 Å². The molecule has 9 heteroatoms. The zero-order valence-electron chi connectivity index (χ0n) is 19.2. The number of ether oxygens (including phenoxy) is 2. The molecular formula is C25H25BrClNO5S. The normalized spacial score (nSPS) is 11.4. The van der Waals surface area contributed by atoms with E-state index in [0.29, 0.717) is 16.5 Å². The van der Waals surface area contributed by atoms with Gasteiger partial charge in [0.25, 0.3) is 15.9 Å². The standard InChI is InChI=1S/C25H25BrClNO5S/c1-16(2)22-14-23(26)17(3)13-24(22)33-15-25(29)28(19-7-9-20(32-4)10-8-19)34(30,31)21-11-5-18(27)6-12-21/h5-14,16H,15H2,1-4H3. The summed E-state index contributed by atoms with van der Waals surface area (Å²) in [6.45, 7) is 5.47. The second-order valence-electron chi connectivity index (χ2n) is 7.90. The molecule has 0 heterocycles. The molecule has 0 unspecified atom stereocenters. The van der Waals surface area contributed by atoms with Crippen LogP contribution in [-0.4, -0.2) is 28.0 Å². The van der Waals surface area contributed by atoms with Crippen molar-refractivity contribution in [2.24, 2.45) is 0 Å². The molecular weight excluding hydrogens is 542 g/mol. The van der Waals surface area contributed by atoms with Crippen molar-refractivity contribution < 1.29 is 22.7 Å². The summed E-state index contributed by atoms with van der Waals surface area (Å²) in [5, 5.41) is 0.386. The number of carbonyl (C=O) groups excluding carboxylic acids is 1. The van der Waals surface area contributed by atoms with Crippen molar-refractivity contribution >= 4 is 49.1 Å². The lowest BCUT2D eigenvalue weighted by Crippen LogP contribution is -2.40. The Hall–Kier alpha value is -2.55. The van der Waals surface area contributed by atoms with Gasteiger partial charge in [-0.1, -0.05) is 41.4 Å². The Labute approximate surface area is 213 Å². The summed E-state index contributed by atoms with van der Waals surface area (Å²) in [6, 6.07) is 15.6. The number of rotatable bonds is 8. The van der Waals surface area contributed by atoms with Crippen molar-refractivity contribution in [3.8, 4) is 11.5 Å². The van der Waals surface area contributed by atoms with Gasteiger partial charge in [0.2, 0.25) is 0 Å². The van der Waals surface area contributed by atoms with Gasteiger partial charge < -0.3 is 9.47 Å². The van der Waals surface area contributed by atoms with Gasteiger partial charge in [0.05, 0.1) is 17.7 Å². The van der Waals surface area contributed by atoms with Crippen LogP contribution in [0.4, 0.5) is 5.69 Å². The van der Waals surface area contributed by atoms with Crippen LogP contribution in [0.25, 0.3) is 0 Å². The minimum atomic E-state index is -4.24. The molecule has 0 aliphatic carbocycles. The Morgan fingerprint density at radius 1 is 1.06 bits per heavy atom. The lowest BCUT2D eigenvalue weighted by atomic mass is 10.0. The molecule has 6 nitrogen and oxygen atoms in total. The van der Waals surface area contributed by atoms with Crippen LogP contribution < -0.4 is 13.8 Å². The number of benzene rings is 3. The number of anilines is 1. The number of hydrogen-bond donors (Lipinski definition) is 0. The first-order valence-electron chi connectivity index (χ1n) is 10.4. The lowest BCUT2D eigenvalue weighted by Gasteiger charge is -2.24. The second kappa shape index (κ2) is 10.8. The van der Waals surface area contributed by atoms with Crippen LogP contribution >= 0.6 is 27.5 Å². The van der Waals surface area contributed by atoms with E-state index in [2.05, 4.69) is 15.9 Å². The first kappa shape index (κ1) is 26.1. The third-order valence-corrected chi connectivity index (χ3v) is 8.02. The van der Waals surface area contributed by atoms with E-state index in [1.54, 1.807) is 12.1 Å². The Morgan fingerprint density at radius 3 is 2.24 bits per heavy atom. The van der Waals surface area contributed by atoms with Crippen molar-refractivity contribution in [3.63, 3.8) is 0 Å². The van der Waals surface area contributed by atoms with Crippen LogP contribution in [0.1, 0.15) is 30.9 Å². The Bertz CT molecular complexity index is 1280. The molecule has 0 aliphatic heterocycles. The highest BCUT2D eigenvalue weighted by molar-refractivity contribution is 9.10. The zero-order valence-corrected chi connectivity index (χ0v) is 22.4. The molecule has 3 aromatic carbocycles. The molecule has 3 rings (SSSR count). The summed E-state index contributed by atoms with van der Waals surface area (Å²) in [5.41, 5.74) is 2.01. The van der Waals surface area contributed by atoms with E-state index in [4.69, 9.17) is 21.1 Å². The van der Waals surface area contributed by atoms with Crippen LogP contribution in [0.2, 0.25) is 5.02 Å². The van der Waals surface area contributed by atoms with E-state index in [1.807, 2.05) is 32.9 Å². The smallest absolute Gasteiger partial charge is 0.278 e. The van der Waals surface area contributed by atoms with Crippen LogP contribution in [0.3, 0.4) is 0 Å². The van der Waals surface area contributed by atoms with Gasteiger partial charge >= 0.3 is 0 Å². The number of amides is 1. The number of hydrogen-bond acceptors (Lipinski definition) is 5. The van der Waals surface area contributed by atoms with Crippen LogP contribution in [0.15, 0.2) is 70.0 Å². The first-order valence-corrected chi connectivity index (χ1v) is 13.1. The maximum absolute atomic E-state index is 13.5. The van der Waals surface area contributed by atoms with Gasteiger partial charge in [0, 0.05) is 9.50 Å². The number of carbonyl (C=O) groups is 1. The summed E-state index contributed by atoms with van der Waals surface area (Å²) in [7, 11) is -2.74. The maximum atomic E-state index is 13.5. The molecule has 0 fully saturated rings. The second-order valence-corrected chi connectivity index (χ2v) is 11.0.